The number of carbonyl (C=O) groups is 3. The maximum atomic E-state index is 13.7. The highest BCUT2D eigenvalue weighted by Crippen LogP contribution is 2.28. The fourth-order valence-corrected chi connectivity index (χ4v) is 6.77. The number of halogens is 2. The van der Waals surface area contributed by atoms with Crippen molar-refractivity contribution in [3.05, 3.63) is 35.4 Å². The molecule has 0 heterocycles. The highest BCUT2D eigenvalue weighted by atomic mass is 32.2. The monoisotopic (exact) mass is 604 g/mol. The standard InChI is InChI=1S/C27H42F2N4O7S/c1-3-5-22(6-4-2)41(38,39)16-24(32-27(37)40-10-9-31-17-34)26(36)33(21-7-8-21)15-25(35)23(30)13-18-11-19(28)14-20(29)12-18/h11-12,14,17,21-25,35H,3-10,13,15-16,30H2,1-2H3,(H,31,34)(H,32,37)/t23-,24+,25+/m0/s1. The van der Waals surface area contributed by atoms with E-state index in [1.165, 1.54) is 4.90 Å². The minimum Gasteiger partial charge on any atom is -0.448 e. The van der Waals surface area contributed by atoms with Gasteiger partial charge in [0, 0.05) is 24.7 Å². The minimum atomic E-state index is -3.83. The zero-order valence-electron chi connectivity index (χ0n) is 23.6. The molecular formula is C27H42F2N4O7S. The predicted molar refractivity (Wildman–Crippen MR) is 149 cm³/mol. The third kappa shape index (κ3) is 11.5. The van der Waals surface area contributed by atoms with E-state index in [0.717, 1.165) is 18.2 Å². The van der Waals surface area contributed by atoms with Crippen LogP contribution in [-0.4, -0.2) is 91.8 Å². The number of carbonyl (C=O) groups excluding carboxylic acids is 3. The van der Waals surface area contributed by atoms with Crippen molar-refractivity contribution in [2.24, 2.45) is 5.73 Å². The number of hydrogen-bond donors (Lipinski definition) is 4. The van der Waals surface area contributed by atoms with Gasteiger partial charge >= 0.3 is 6.09 Å². The summed E-state index contributed by atoms with van der Waals surface area (Å²) in [5.74, 6) is -2.95. The summed E-state index contributed by atoms with van der Waals surface area (Å²) in [7, 11) is -3.83. The van der Waals surface area contributed by atoms with Crippen molar-refractivity contribution in [1.82, 2.24) is 15.5 Å². The number of nitrogens with one attached hydrogen (secondary N) is 2. The molecule has 1 aliphatic rings. The van der Waals surface area contributed by atoms with Crippen molar-refractivity contribution in [3.63, 3.8) is 0 Å². The van der Waals surface area contributed by atoms with Gasteiger partial charge in [0.25, 0.3) is 0 Å². The number of benzene rings is 1. The molecule has 5 N–H and O–H groups in total. The van der Waals surface area contributed by atoms with Gasteiger partial charge in [0.2, 0.25) is 12.3 Å². The summed E-state index contributed by atoms with van der Waals surface area (Å²) in [6, 6.07) is 0.138. The second-order valence-corrected chi connectivity index (χ2v) is 12.7. The van der Waals surface area contributed by atoms with Gasteiger partial charge in [-0.2, -0.15) is 0 Å². The molecule has 2 rings (SSSR count). The van der Waals surface area contributed by atoms with Gasteiger partial charge in [-0.05, 0) is 49.8 Å². The van der Waals surface area contributed by atoms with Crippen LogP contribution >= 0.6 is 0 Å². The van der Waals surface area contributed by atoms with E-state index in [-0.39, 0.29) is 37.7 Å². The number of aliphatic hydroxyl groups is 1. The lowest BCUT2D eigenvalue weighted by Gasteiger charge is -2.31. The van der Waals surface area contributed by atoms with Crippen molar-refractivity contribution in [2.75, 3.05) is 25.4 Å². The Bertz CT molecular complexity index is 1090. The summed E-state index contributed by atoms with van der Waals surface area (Å²) < 4.78 is 58.9. The fraction of sp³-hybridized carbons (Fsp3) is 0.667. The summed E-state index contributed by atoms with van der Waals surface area (Å²) in [4.78, 5) is 37.9. The summed E-state index contributed by atoms with van der Waals surface area (Å²) >= 11 is 0. The van der Waals surface area contributed by atoms with E-state index in [2.05, 4.69) is 10.6 Å². The number of amides is 3. The van der Waals surface area contributed by atoms with Crippen molar-refractivity contribution >= 4 is 28.2 Å². The topological polar surface area (TPSA) is 168 Å². The van der Waals surface area contributed by atoms with Crippen molar-refractivity contribution in [1.29, 1.82) is 0 Å². The van der Waals surface area contributed by atoms with Crippen molar-refractivity contribution in [3.8, 4) is 0 Å². The molecule has 11 nitrogen and oxygen atoms in total. The third-order valence-corrected chi connectivity index (χ3v) is 9.11. The van der Waals surface area contributed by atoms with Gasteiger partial charge < -0.3 is 31.1 Å². The SMILES string of the molecule is CCCC(CCC)S(=O)(=O)C[C@@H](NC(=O)OCCNC=O)C(=O)N(C[C@@H](O)[C@@H](N)Cc1cc(F)cc(F)c1)C1CC1. The van der Waals surface area contributed by atoms with Crippen LogP contribution in [-0.2, 0) is 30.6 Å². The van der Waals surface area contributed by atoms with Gasteiger partial charge in [-0.25, -0.2) is 22.0 Å². The number of hydrogen-bond acceptors (Lipinski definition) is 8. The lowest BCUT2D eigenvalue weighted by Crippen LogP contribution is -2.56. The van der Waals surface area contributed by atoms with Gasteiger partial charge in [0.05, 0.1) is 23.7 Å². The molecule has 0 radical (unpaired) electrons. The highest BCUT2D eigenvalue weighted by molar-refractivity contribution is 7.92. The van der Waals surface area contributed by atoms with E-state index in [9.17, 15) is 36.7 Å². The Morgan fingerprint density at radius 1 is 1.17 bits per heavy atom. The molecule has 14 heteroatoms. The van der Waals surface area contributed by atoms with Crippen LogP contribution in [0.2, 0.25) is 0 Å². The van der Waals surface area contributed by atoms with Crippen LogP contribution in [0.5, 0.6) is 0 Å². The van der Waals surface area contributed by atoms with E-state index in [4.69, 9.17) is 10.5 Å². The molecule has 41 heavy (non-hydrogen) atoms. The molecule has 3 amide bonds. The molecule has 1 aliphatic carbocycles. The Balaban J connectivity index is 2.23. The number of sulfone groups is 1. The first-order valence-corrected chi connectivity index (χ1v) is 15.6. The molecule has 3 atom stereocenters. The molecule has 0 saturated heterocycles. The maximum absolute atomic E-state index is 13.7. The van der Waals surface area contributed by atoms with Gasteiger partial charge in [-0.1, -0.05) is 26.7 Å². The lowest BCUT2D eigenvalue weighted by molar-refractivity contribution is -0.135. The van der Waals surface area contributed by atoms with E-state index < -0.39 is 62.7 Å². The van der Waals surface area contributed by atoms with Crippen LogP contribution in [0.15, 0.2) is 18.2 Å². The Morgan fingerprint density at radius 2 is 1.78 bits per heavy atom. The van der Waals surface area contributed by atoms with E-state index in [0.29, 0.717) is 44.9 Å². The third-order valence-electron chi connectivity index (χ3n) is 6.82. The van der Waals surface area contributed by atoms with Crippen molar-refractivity contribution < 1.29 is 41.4 Å². The van der Waals surface area contributed by atoms with E-state index in [1.54, 1.807) is 0 Å². The van der Waals surface area contributed by atoms with Crippen LogP contribution in [0.1, 0.15) is 57.9 Å². The highest BCUT2D eigenvalue weighted by Gasteiger charge is 2.41. The van der Waals surface area contributed by atoms with Gasteiger partial charge in [0.15, 0.2) is 9.84 Å². The average molecular weight is 605 g/mol. The normalized spacial score (nSPS) is 15.6. The molecule has 232 valence electrons. The second kappa shape index (κ2) is 16.6. The zero-order valence-corrected chi connectivity index (χ0v) is 24.4. The average Bonchev–Trinajstić information content (AvgIpc) is 3.73. The zero-order chi connectivity index (χ0) is 30.6. The number of nitrogens with two attached hydrogens (primary N) is 1. The molecule has 1 aromatic rings. The largest absolute Gasteiger partial charge is 0.448 e. The molecule has 1 fully saturated rings. The quantitative estimate of drug-likeness (QED) is 0.136. The van der Waals surface area contributed by atoms with E-state index in [1.807, 2.05) is 13.8 Å². The van der Waals surface area contributed by atoms with Crippen LogP contribution in [0.3, 0.4) is 0 Å². The Hall–Kier alpha value is -2.84. The number of rotatable bonds is 19. The molecule has 0 unspecified atom stereocenters. The molecule has 0 bridgehead atoms. The number of aliphatic hydroxyl groups excluding tert-OH is 1. The summed E-state index contributed by atoms with van der Waals surface area (Å²) in [5, 5.41) is 14.8. The summed E-state index contributed by atoms with van der Waals surface area (Å²) in [5.41, 5.74) is 6.34. The molecule has 0 spiro atoms. The van der Waals surface area contributed by atoms with Gasteiger partial charge in [-0.15, -0.1) is 0 Å². The van der Waals surface area contributed by atoms with Gasteiger partial charge in [-0.3, -0.25) is 9.59 Å². The van der Waals surface area contributed by atoms with E-state index >= 15 is 0 Å². The summed E-state index contributed by atoms with van der Waals surface area (Å²) in [6.45, 7) is 3.28. The van der Waals surface area contributed by atoms with Gasteiger partial charge in [0.1, 0.15) is 24.3 Å². The molecular weight excluding hydrogens is 562 g/mol. The first-order valence-electron chi connectivity index (χ1n) is 13.9. The lowest BCUT2D eigenvalue weighted by atomic mass is 10.0. The fourth-order valence-electron chi connectivity index (χ4n) is 4.62. The predicted octanol–water partition coefficient (Wildman–Crippen LogP) is 1.41. The molecule has 1 aromatic carbocycles. The summed E-state index contributed by atoms with van der Waals surface area (Å²) in [6.07, 6.45) is 1.28. The Morgan fingerprint density at radius 3 is 2.32 bits per heavy atom. The second-order valence-electron chi connectivity index (χ2n) is 10.4. The van der Waals surface area contributed by atoms with Crippen molar-refractivity contribution in [2.45, 2.75) is 88.3 Å². The first kappa shape index (κ1) is 34.4. The van der Waals surface area contributed by atoms with Crippen LogP contribution in [0.25, 0.3) is 0 Å². The van der Waals surface area contributed by atoms with Crippen LogP contribution < -0.4 is 16.4 Å². The molecule has 0 aliphatic heterocycles. The number of nitrogens with zero attached hydrogens (tertiary/aromatic N) is 1. The van der Waals surface area contributed by atoms with Crippen LogP contribution in [0.4, 0.5) is 13.6 Å². The number of ether oxygens (including phenoxy) is 1. The van der Waals surface area contributed by atoms with Crippen LogP contribution in [0, 0.1) is 11.6 Å². The maximum Gasteiger partial charge on any atom is 0.407 e. The molecule has 0 aromatic heterocycles. The Labute approximate surface area is 240 Å². The Kier molecular flexibility index (Phi) is 13.9. The molecule has 1 saturated carbocycles. The minimum absolute atomic E-state index is 0.0242. The smallest absolute Gasteiger partial charge is 0.407 e. The first-order chi connectivity index (χ1) is 19.4. The number of alkyl carbamates (subject to hydrolysis) is 1.